The third-order valence-corrected chi connectivity index (χ3v) is 10.0. The highest BCUT2D eigenvalue weighted by Gasteiger charge is 2.48. The number of aromatic nitrogens is 1. The van der Waals surface area contributed by atoms with Gasteiger partial charge in [-0.3, -0.25) is 9.78 Å². The average Bonchev–Trinajstić information content (AvgIpc) is 4.08. The smallest absolute Gasteiger partial charge is 0.222 e. The van der Waals surface area contributed by atoms with Gasteiger partial charge >= 0.3 is 0 Å². The molecule has 2 aliphatic carbocycles. The fourth-order valence-electron chi connectivity index (χ4n) is 6.20. The second-order valence-electron chi connectivity index (χ2n) is 13.5. The molecule has 1 heterocycles. The van der Waals surface area contributed by atoms with Crippen molar-refractivity contribution in [3.05, 3.63) is 82.6 Å². The van der Waals surface area contributed by atoms with Crippen LogP contribution >= 0.6 is 11.6 Å². The molecule has 5 unspecified atom stereocenters. The molecule has 50 heavy (non-hydrogen) atoms. The zero-order valence-corrected chi connectivity index (χ0v) is 29.2. The van der Waals surface area contributed by atoms with Crippen molar-refractivity contribution in [1.29, 1.82) is 0 Å². The molecule has 11 nitrogen and oxygen atoms in total. The standard InChI is InChI=1S/C38H49ClN2O9/c1-24(5-4-8-35(46)41(17-18-42)21-32(44)36(47)37(48)33(45)22-43)25-9-12-31(39)26(19-25)23-49-38(14-15-38)30-20-40-16-13-28(30)29-6-2-3-7-34(29)50-27-10-11-27/h2-3,6-7,9,12-13,16,19-20,24,27,32-33,36-37,42-45,47-48H,4-5,8,10-11,14-15,17-18,21-23H2,1H3. The van der Waals surface area contributed by atoms with Gasteiger partial charge in [-0.25, -0.2) is 0 Å². The highest BCUT2D eigenvalue weighted by molar-refractivity contribution is 6.31. The van der Waals surface area contributed by atoms with E-state index in [1.807, 2.05) is 42.6 Å². The highest BCUT2D eigenvalue weighted by Crippen LogP contribution is 2.53. The Morgan fingerprint density at radius 3 is 2.46 bits per heavy atom. The number of aliphatic hydroxyl groups excluding tert-OH is 6. The van der Waals surface area contributed by atoms with E-state index >= 15 is 0 Å². The minimum absolute atomic E-state index is 0.0693. The summed E-state index contributed by atoms with van der Waals surface area (Å²) in [6.45, 7) is 0.816. The Balaban J connectivity index is 1.18. The maximum absolute atomic E-state index is 13.0. The third kappa shape index (κ3) is 9.59. The quantitative estimate of drug-likeness (QED) is 0.102. The van der Waals surface area contributed by atoms with Crippen LogP contribution in [-0.4, -0.2) is 103 Å². The van der Waals surface area contributed by atoms with Crippen LogP contribution in [0.4, 0.5) is 0 Å². The van der Waals surface area contributed by atoms with Crippen molar-refractivity contribution in [3.63, 3.8) is 0 Å². The Bertz CT molecular complexity index is 1570. The van der Waals surface area contributed by atoms with E-state index in [1.165, 1.54) is 4.90 Å². The molecule has 5 atom stereocenters. The van der Waals surface area contributed by atoms with E-state index in [1.54, 1.807) is 6.20 Å². The van der Waals surface area contributed by atoms with Gasteiger partial charge in [-0.15, -0.1) is 0 Å². The Labute approximate surface area is 298 Å². The van der Waals surface area contributed by atoms with Gasteiger partial charge < -0.3 is 45.0 Å². The number of nitrogens with zero attached hydrogens (tertiary/aromatic N) is 2. The van der Waals surface area contributed by atoms with Crippen molar-refractivity contribution in [2.45, 2.75) is 101 Å². The summed E-state index contributed by atoms with van der Waals surface area (Å²) in [5.41, 5.74) is 4.58. The number of carbonyl (C=O) groups is 1. The number of carbonyl (C=O) groups excluding carboxylic acids is 1. The van der Waals surface area contributed by atoms with Crippen LogP contribution in [0.15, 0.2) is 60.9 Å². The number of aliphatic hydroxyl groups is 6. The molecule has 0 saturated heterocycles. The molecule has 0 spiro atoms. The number of halogens is 1. The summed E-state index contributed by atoms with van der Waals surface area (Å²) in [5.74, 6) is 0.638. The summed E-state index contributed by atoms with van der Waals surface area (Å²) in [6, 6.07) is 16.0. The first-order chi connectivity index (χ1) is 24.1. The van der Waals surface area contributed by atoms with Crippen LogP contribution in [0.1, 0.15) is 74.5 Å². The first-order valence-corrected chi connectivity index (χ1v) is 17.8. The zero-order chi connectivity index (χ0) is 35.8. The van der Waals surface area contributed by atoms with Crippen LogP contribution in [0.2, 0.25) is 5.02 Å². The minimum atomic E-state index is -1.80. The maximum atomic E-state index is 13.0. The number of hydrogen-bond acceptors (Lipinski definition) is 10. The second kappa shape index (κ2) is 17.4. The molecule has 6 N–H and O–H groups in total. The van der Waals surface area contributed by atoms with Gasteiger partial charge in [0, 0.05) is 48.1 Å². The predicted molar refractivity (Wildman–Crippen MR) is 188 cm³/mol. The molecular formula is C38H49ClN2O9. The topological polar surface area (TPSA) is 173 Å². The number of amides is 1. The molecule has 1 aromatic heterocycles. The van der Waals surface area contributed by atoms with E-state index < -0.39 is 36.6 Å². The molecule has 2 aliphatic rings. The SMILES string of the molecule is CC(CCCC(=O)N(CCO)CC(O)C(O)C(O)C(O)CO)c1ccc(Cl)c(COC2(c3cnccc3-c3ccccc3OC3CC3)CC2)c1. The largest absolute Gasteiger partial charge is 0.490 e. The van der Waals surface area contributed by atoms with Crippen molar-refractivity contribution < 1.29 is 44.9 Å². The van der Waals surface area contributed by atoms with Crippen molar-refractivity contribution in [1.82, 2.24) is 9.88 Å². The summed E-state index contributed by atoms with van der Waals surface area (Å²) >= 11 is 6.66. The summed E-state index contributed by atoms with van der Waals surface area (Å²) in [6.07, 6.45) is 2.39. The highest BCUT2D eigenvalue weighted by atomic mass is 35.5. The molecule has 12 heteroatoms. The Kier molecular flexibility index (Phi) is 13.3. The molecular weight excluding hydrogens is 664 g/mol. The van der Waals surface area contributed by atoms with Gasteiger partial charge in [0.05, 0.1) is 31.5 Å². The lowest BCUT2D eigenvalue weighted by Crippen LogP contribution is -2.51. The normalized spacial score (nSPS) is 18.2. The summed E-state index contributed by atoms with van der Waals surface area (Å²) < 4.78 is 12.9. The maximum Gasteiger partial charge on any atom is 0.222 e. The van der Waals surface area contributed by atoms with Crippen LogP contribution in [0.5, 0.6) is 5.75 Å². The Hall–Kier alpha value is -3.13. The van der Waals surface area contributed by atoms with E-state index in [2.05, 4.69) is 24.0 Å². The van der Waals surface area contributed by atoms with Gasteiger partial charge in [0.1, 0.15) is 30.2 Å². The molecule has 0 bridgehead atoms. The number of benzene rings is 2. The predicted octanol–water partition coefficient (Wildman–Crippen LogP) is 3.68. The van der Waals surface area contributed by atoms with Crippen LogP contribution in [0, 0.1) is 0 Å². The molecule has 3 aromatic rings. The minimum Gasteiger partial charge on any atom is -0.490 e. The molecule has 0 radical (unpaired) electrons. The van der Waals surface area contributed by atoms with Crippen molar-refractivity contribution in [3.8, 4) is 16.9 Å². The van der Waals surface area contributed by atoms with Gasteiger partial charge in [-0.1, -0.05) is 48.9 Å². The average molecular weight is 713 g/mol. The summed E-state index contributed by atoms with van der Waals surface area (Å²) in [4.78, 5) is 18.6. The lowest BCUT2D eigenvalue weighted by Gasteiger charge is -2.30. The van der Waals surface area contributed by atoms with Crippen LogP contribution < -0.4 is 4.74 Å². The molecule has 272 valence electrons. The van der Waals surface area contributed by atoms with E-state index in [-0.39, 0.29) is 44.0 Å². The molecule has 2 fully saturated rings. The van der Waals surface area contributed by atoms with Gasteiger partial charge in [-0.05, 0) is 79.3 Å². The molecule has 2 saturated carbocycles. The molecule has 5 rings (SSSR count). The third-order valence-electron chi connectivity index (χ3n) is 9.64. The first kappa shape index (κ1) is 38.1. The van der Waals surface area contributed by atoms with E-state index in [9.17, 15) is 30.3 Å². The monoisotopic (exact) mass is 712 g/mol. The molecule has 2 aromatic carbocycles. The van der Waals surface area contributed by atoms with Crippen LogP contribution in [0.3, 0.4) is 0 Å². The summed E-state index contributed by atoms with van der Waals surface area (Å²) in [5, 5.41) is 59.1. The first-order valence-electron chi connectivity index (χ1n) is 17.4. The van der Waals surface area contributed by atoms with Crippen molar-refractivity contribution >= 4 is 17.5 Å². The lowest BCUT2D eigenvalue weighted by molar-refractivity contribution is -0.140. The van der Waals surface area contributed by atoms with Gasteiger partial charge in [0.25, 0.3) is 0 Å². The second-order valence-corrected chi connectivity index (χ2v) is 13.9. The fraction of sp³-hybridized carbons (Fsp3) is 0.526. The van der Waals surface area contributed by atoms with Crippen molar-refractivity contribution in [2.24, 2.45) is 0 Å². The van der Waals surface area contributed by atoms with Gasteiger partial charge in [-0.2, -0.15) is 0 Å². The number of hydrogen-bond donors (Lipinski definition) is 6. The lowest BCUT2D eigenvalue weighted by atomic mass is 9.94. The van der Waals surface area contributed by atoms with Crippen LogP contribution in [-0.2, 0) is 21.7 Å². The van der Waals surface area contributed by atoms with E-state index in [0.717, 1.165) is 59.3 Å². The number of pyridine rings is 1. The van der Waals surface area contributed by atoms with Crippen molar-refractivity contribution in [2.75, 3.05) is 26.3 Å². The summed E-state index contributed by atoms with van der Waals surface area (Å²) in [7, 11) is 0. The van der Waals surface area contributed by atoms with E-state index in [0.29, 0.717) is 24.5 Å². The Morgan fingerprint density at radius 2 is 1.76 bits per heavy atom. The van der Waals surface area contributed by atoms with Gasteiger partial charge in [0.15, 0.2) is 0 Å². The van der Waals surface area contributed by atoms with E-state index in [4.69, 9.17) is 26.2 Å². The molecule has 0 aliphatic heterocycles. The van der Waals surface area contributed by atoms with Gasteiger partial charge in [0.2, 0.25) is 5.91 Å². The van der Waals surface area contributed by atoms with Crippen LogP contribution in [0.25, 0.3) is 11.1 Å². The molecule has 1 amide bonds. The fourth-order valence-corrected chi connectivity index (χ4v) is 6.37. The number of para-hydroxylation sites is 1. The number of ether oxygens (including phenoxy) is 2. The zero-order valence-electron chi connectivity index (χ0n) is 28.4. The number of rotatable bonds is 20. The Morgan fingerprint density at radius 1 is 1.02 bits per heavy atom.